The number of sulfone groups is 1. The van der Waals surface area contributed by atoms with Gasteiger partial charge in [0, 0.05) is 18.2 Å². The lowest BCUT2D eigenvalue weighted by molar-refractivity contribution is -0.0400. The smallest absolute Gasteiger partial charge is 0.265 e. The fourth-order valence-corrected chi connectivity index (χ4v) is 5.83. The molecule has 1 atom stereocenters. The molecule has 1 saturated heterocycles. The Kier molecular flexibility index (Phi) is 6.81. The highest BCUT2D eigenvalue weighted by Crippen LogP contribution is 2.32. The topological polar surface area (TPSA) is 90.0 Å². The van der Waals surface area contributed by atoms with E-state index < -0.39 is 21.8 Å². The van der Waals surface area contributed by atoms with E-state index in [1.54, 1.807) is 0 Å². The summed E-state index contributed by atoms with van der Waals surface area (Å²) in [5.41, 5.74) is 0.123. The van der Waals surface area contributed by atoms with E-state index in [0.717, 1.165) is 23.7 Å². The number of ether oxygens (including phenoxy) is 2. The fourth-order valence-electron chi connectivity index (χ4n) is 2.96. The molecule has 2 heterocycles. The van der Waals surface area contributed by atoms with E-state index in [9.17, 15) is 22.4 Å². The zero-order valence-corrected chi connectivity index (χ0v) is 18.6. The van der Waals surface area contributed by atoms with Crippen molar-refractivity contribution in [2.75, 3.05) is 32.6 Å². The summed E-state index contributed by atoms with van der Waals surface area (Å²) in [4.78, 5) is 26.1. The lowest BCUT2D eigenvalue weighted by Crippen LogP contribution is -2.47. The first kappa shape index (κ1) is 22.7. The molecule has 1 fully saturated rings. The van der Waals surface area contributed by atoms with Crippen LogP contribution >= 0.6 is 22.9 Å². The lowest BCUT2D eigenvalue weighted by atomic mass is 10.1. The Morgan fingerprint density at radius 1 is 1.40 bits per heavy atom. The highest BCUT2D eigenvalue weighted by Gasteiger charge is 2.30. The van der Waals surface area contributed by atoms with Crippen molar-refractivity contribution >= 4 is 44.5 Å². The molecule has 0 radical (unpaired) electrons. The highest BCUT2D eigenvalue weighted by atomic mass is 35.5. The van der Waals surface area contributed by atoms with Gasteiger partial charge < -0.3 is 14.4 Å². The number of Topliss-reactive ketones (excluding diaryl/α,β-unsaturated/α-hetero) is 1. The third-order valence-corrected chi connectivity index (χ3v) is 7.32. The van der Waals surface area contributed by atoms with Crippen molar-refractivity contribution in [2.45, 2.75) is 17.9 Å². The minimum atomic E-state index is -3.53. The maximum atomic E-state index is 13.4. The van der Waals surface area contributed by atoms with Crippen molar-refractivity contribution < 1.29 is 31.9 Å². The Bertz CT molecular complexity index is 1080. The van der Waals surface area contributed by atoms with E-state index >= 15 is 0 Å². The van der Waals surface area contributed by atoms with Crippen LogP contribution in [0.15, 0.2) is 28.5 Å². The molecule has 1 aromatic heterocycles. The molecular weight excluding hydrogens is 457 g/mol. The van der Waals surface area contributed by atoms with Gasteiger partial charge in [0.15, 0.2) is 15.6 Å². The van der Waals surface area contributed by atoms with Crippen LogP contribution in [0.25, 0.3) is 0 Å². The maximum absolute atomic E-state index is 13.4. The van der Waals surface area contributed by atoms with Crippen LogP contribution in [0.5, 0.6) is 5.75 Å². The van der Waals surface area contributed by atoms with Crippen LogP contribution in [0.3, 0.4) is 0 Å². The van der Waals surface area contributed by atoms with Crippen molar-refractivity contribution in [3.8, 4) is 5.75 Å². The SMILES string of the molecule is CC(=O)c1cc(F)ccc1OCC1CN(C(=O)c2scc(S(C)(=O)=O)c2Cl)CCO1. The van der Waals surface area contributed by atoms with Gasteiger partial charge in [-0.25, -0.2) is 12.8 Å². The molecule has 11 heteroatoms. The van der Waals surface area contributed by atoms with E-state index in [1.807, 2.05) is 0 Å². The van der Waals surface area contributed by atoms with E-state index in [2.05, 4.69) is 0 Å². The Hall–Kier alpha value is -2.01. The summed E-state index contributed by atoms with van der Waals surface area (Å²) in [6, 6.07) is 3.67. The van der Waals surface area contributed by atoms with E-state index in [1.165, 1.54) is 29.3 Å². The summed E-state index contributed by atoms with van der Waals surface area (Å²) < 4.78 is 48.2. The summed E-state index contributed by atoms with van der Waals surface area (Å²) in [6.07, 6.45) is 0.544. The zero-order valence-electron chi connectivity index (χ0n) is 16.2. The van der Waals surface area contributed by atoms with Gasteiger partial charge in [0.05, 0.1) is 28.6 Å². The number of thiophene rings is 1. The molecule has 7 nitrogen and oxygen atoms in total. The second kappa shape index (κ2) is 9.01. The average molecular weight is 476 g/mol. The zero-order chi connectivity index (χ0) is 22.1. The van der Waals surface area contributed by atoms with E-state index in [-0.39, 0.29) is 57.6 Å². The summed E-state index contributed by atoms with van der Waals surface area (Å²) in [7, 11) is -3.53. The van der Waals surface area contributed by atoms with Gasteiger partial charge in [-0.2, -0.15) is 0 Å². The standard InChI is InChI=1S/C19H19ClFNO6S2/c1-11(23)14-7-12(21)3-4-15(14)28-9-13-8-22(5-6-27-13)19(24)18-17(20)16(10-29-18)30(2,25)26/h3-4,7,10,13H,5-6,8-9H2,1-2H3. The Morgan fingerprint density at radius 3 is 2.77 bits per heavy atom. The first-order valence-electron chi connectivity index (χ1n) is 8.89. The van der Waals surface area contributed by atoms with E-state index in [4.69, 9.17) is 21.1 Å². The Morgan fingerprint density at radius 2 is 2.13 bits per heavy atom. The molecule has 1 amide bonds. The first-order chi connectivity index (χ1) is 14.1. The van der Waals surface area contributed by atoms with Crippen LogP contribution in [0.1, 0.15) is 27.0 Å². The minimum absolute atomic E-state index is 0.0441. The van der Waals surface area contributed by atoms with Gasteiger partial charge in [-0.15, -0.1) is 11.3 Å². The largest absolute Gasteiger partial charge is 0.490 e. The van der Waals surface area contributed by atoms with Crippen molar-refractivity contribution in [3.63, 3.8) is 0 Å². The number of carbonyl (C=O) groups excluding carboxylic acids is 2. The van der Waals surface area contributed by atoms with Gasteiger partial charge in [-0.05, 0) is 25.1 Å². The van der Waals surface area contributed by atoms with Gasteiger partial charge in [0.25, 0.3) is 5.91 Å². The molecule has 1 aromatic carbocycles. The normalized spacial score (nSPS) is 17.1. The molecule has 1 unspecified atom stereocenters. The van der Waals surface area contributed by atoms with Crippen LogP contribution in [-0.2, 0) is 14.6 Å². The Balaban J connectivity index is 1.69. The van der Waals surface area contributed by atoms with Crippen LogP contribution in [0.4, 0.5) is 4.39 Å². The number of halogens is 2. The van der Waals surface area contributed by atoms with Gasteiger partial charge in [-0.1, -0.05) is 11.6 Å². The second-order valence-corrected chi connectivity index (χ2v) is 10.0. The summed E-state index contributed by atoms with van der Waals surface area (Å²) in [6.45, 7) is 2.12. The number of nitrogens with zero attached hydrogens (tertiary/aromatic N) is 1. The summed E-state index contributed by atoms with van der Waals surface area (Å²) >= 11 is 7.10. The number of ketones is 1. The molecule has 1 aliphatic heterocycles. The van der Waals surface area contributed by atoms with Crippen molar-refractivity contribution in [2.24, 2.45) is 0 Å². The molecule has 30 heavy (non-hydrogen) atoms. The molecule has 1 aliphatic rings. The quantitative estimate of drug-likeness (QED) is 0.596. The predicted molar refractivity (Wildman–Crippen MR) is 110 cm³/mol. The predicted octanol–water partition coefficient (Wildman–Crippen LogP) is 3.07. The third kappa shape index (κ3) is 5.00. The number of hydrogen-bond donors (Lipinski definition) is 0. The average Bonchev–Trinajstić information content (AvgIpc) is 3.08. The fraction of sp³-hybridized carbons (Fsp3) is 0.368. The van der Waals surface area contributed by atoms with Gasteiger partial charge in [-0.3, -0.25) is 9.59 Å². The summed E-state index contributed by atoms with van der Waals surface area (Å²) in [5.74, 6) is -1.03. The lowest BCUT2D eigenvalue weighted by Gasteiger charge is -2.32. The van der Waals surface area contributed by atoms with Crippen LogP contribution in [0, 0.1) is 5.82 Å². The van der Waals surface area contributed by atoms with Gasteiger partial charge in [0.2, 0.25) is 0 Å². The molecular formula is C19H19ClFNO6S2. The maximum Gasteiger partial charge on any atom is 0.265 e. The number of amides is 1. The molecule has 3 rings (SSSR count). The number of hydrogen-bond acceptors (Lipinski definition) is 7. The molecule has 0 aliphatic carbocycles. The molecule has 162 valence electrons. The molecule has 0 bridgehead atoms. The van der Waals surface area contributed by atoms with E-state index in [0.29, 0.717) is 6.54 Å². The first-order valence-corrected chi connectivity index (χ1v) is 12.0. The second-order valence-electron chi connectivity index (χ2n) is 6.77. The third-order valence-electron chi connectivity index (χ3n) is 4.46. The monoisotopic (exact) mass is 475 g/mol. The number of morpholine rings is 1. The molecule has 0 N–H and O–H groups in total. The molecule has 2 aromatic rings. The van der Waals surface area contributed by atoms with Crippen LogP contribution in [-0.4, -0.2) is 63.7 Å². The van der Waals surface area contributed by atoms with Crippen LogP contribution in [0.2, 0.25) is 5.02 Å². The number of rotatable bonds is 6. The van der Waals surface area contributed by atoms with Gasteiger partial charge in [0.1, 0.15) is 29.2 Å². The summed E-state index contributed by atoms with van der Waals surface area (Å²) in [5, 5.41) is 1.27. The molecule has 0 saturated carbocycles. The molecule has 0 spiro atoms. The Labute approximate surface area is 182 Å². The van der Waals surface area contributed by atoms with Crippen molar-refractivity contribution in [1.29, 1.82) is 0 Å². The number of carbonyl (C=O) groups is 2. The highest BCUT2D eigenvalue weighted by molar-refractivity contribution is 7.91. The minimum Gasteiger partial charge on any atom is -0.490 e. The van der Waals surface area contributed by atoms with Gasteiger partial charge >= 0.3 is 0 Å². The van der Waals surface area contributed by atoms with Crippen LogP contribution < -0.4 is 4.74 Å². The number of benzene rings is 1. The van der Waals surface area contributed by atoms with Crippen molar-refractivity contribution in [3.05, 3.63) is 44.9 Å². The van der Waals surface area contributed by atoms with Crippen molar-refractivity contribution in [1.82, 2.24) is 4.90 Å².